The minimum absolute atomic E-state index is 0.111. The average Bonchev–Trinajstić information content (AvgIpc) is 2.51. The lowest BCUT2D eigenvalue weighted by Crippen LogP contribution is -2.32. The molecule has 0 fully saturated rings. The van der Waals surface area contributed by atoms with E-state index in [0.717, 1.165) is 40.8 Å². The highest BCUT2D eigenvalue weighted by atomic mass is 32.2. The number of thioether (sulfide) groups is 1. The van der Waals surface area contributed by atoms with Crippen LogP contribution in [0, 0.1) is 0 Å². The van der Waals surface area contributed by atoms with Crippen LogP contribution < -0.4 is 10.5 Å². The predicted molar refractivity (Wildman–Crippen MR) is 87.4 cm³/mol. The van der Waals surface area contributed by atoms with Crippen LogP contribution in [0.3, 0.4) is 0 Å². The van der Waals surface area contributed by atoms with Gasteiger partial charge in [0.2, 0.25) is 0 Å². The summed E-state index contributed by atoms with van der Waals surface area (Å²) in [6, 6.07) is 10.1. The highest BCUT2D eigenvalue weighted by molar-refractivity contribution is 7.99. The minimum Gasteiger partial charge on any atom is -0.362 e. The van der Waals surface area contributed by atoms with Gasteiger partial charge in [0.15, 0.2) is 5.16 Å². The van der Waals surface area contributed by atoms with Gasteiger partial charge in [-0.1, -0.05) is 42.1 Å². The van der Waals surface area contributed by atoms with E-state index < -0.39 is 0 Å². The molecule has 0 atom stereocenters. The van der Waals surface area contributed by atoms with Crippen LogP contribution in [-0.4, -0.2) is 29.4 Å². The number of hydrogen-bond donors (Lipinski definition) is 0. The van der Waals surface area contributed by atoms with Crippen molar-refractivity contribution in [1.29, 1.82) is 0 Å². The molecule has 0 radical (unpaired) electrons. The second-order valence-electron chi connectivity index (χ2n) is 5.41. The van der Waals surface area contributed by atoms with E-state index in [1.807, 2.05) is 41.8 Å². The number of fused-ring (bicyclic) bond motifs is 1. The van der Waals surface area contributed by atoms with Gasteiger partial charge in [0.1, 0.15) is 5.82 Å². The molecule has 1 aliphatic heterocycles. The van der Waals surface area contributed by atoms with Crippen LogP contribution in [0.4, 0.5) is 5.82 Å². The quantitative estimate of drug-likeness (QED) is 0.816. The Morgan fingerprint density at radius 3 is 2.76 bits per heavy atom. The minimum atomic E-state index is 0.111. The van der Waals surface area contributed by atoms with Crippen LogP contribution in [0.1, 0.15) is 17.5 Å². The Kier molecular flexibility index (Phi) is 4.01. The lowest BCUT2D eigenvalue weighted by atomic mass is 10.1. The third-order valence-electron chi connectivity index (χ3n) is 3.61. The molecule has 0 unspecified atom stereocenters. The second-order valence-corrected chi connectivity index (χ2v) is 6.47. The monoisotopic (exact) mass is 301 g/mol. The number of rotatable bonds is 3. The first-order valence-corrected chi connectivity index (χ1v) is 8.13. The molecule has 0 saturated heterocycles. The number of nitrogens with zero attached hydrogens (tertiary/aromatic N) is 3. The molecule has 1 aliphatic rings. The fourth-order valence-corrected chi connectivity index (χ4v) is 3.52. The van der Waals surface area contributed by atoms with Crippen molar-refractivity contribution in [2.45, 2.75) is 24.5 Å². The van der Waals surface area contributed by atoms with Crippen molar-refractivity contribution in [3.8, 4) is 0 Å². The van der Waals surface area contributed by atoms with Crippen molar-refractivity contribution in [3.05, 3.63) is 51.8 Å². The molecular formula is C16H19N3OS. The van der Waals surface area contributed by atoms with E-state index in [1.165, 1.54) is 0 Å². The van der Waals surface area contributed by atoms with Gasteiger partial charge in [0.05, 0.1) is 5.56 Å². The fraction of sp³-hybridized carbons (Fsp3) is 0.375. The SMILES string of the molecule is CN(C)c1nc2n(c(=O)c1Cc1ccccc1)CCCS2. The molecule has 3 rings (SSSR count). The van der Waals surface area contributed by atoms with Gasteiger partial charge in [0, 0.05) is 32.8 Å². The van der Waals surface area contributed by atoms with Gasteiger partial charge in [-0.3, -0.25) is 9.36 Å². The lowest BCUT2D eigenvalue weighted by molar-refractivity contribution is 0.556. The maximum absolute atomic E-state index is 12.8. The summed E-state index contributed by atoms with van der Waals surface area (Å²) in [7, 11) is 3.89. The van der Waals surface area contributed by atoms with Gasteiger partial charge in [-0.15, -0.1) is 0 Å². The largest absolute Gasteiger partial charge is 0.362 e. The van der Waals surface area contributed by atoms with Gasteiger partial charge in [-0.25, -0.2) is 4.98 Å². The number of anilines is 1. The zero-order valence-electron chi connectivity index (χ0n) is 12.4. The zero-order valence-corrected chi connectivity index (χ0v) is 13.2. The summed E-state index contributed by atoms with van der Waals surface area (Å²) in [5.74, 6) is 1.83. The molecule has 1 aromatic carbocycles. The van der Waals surface area contributed by atoms with Gasteiger partial charge in [-0.2, -0.15) is 0 Å². The van der Waals surface area contributed by atoms with Gasteiger partial charge in [-0.05, 0) is 12.0 Å². The molecule has 1 aromatic heterocycles. The number of hydrogen-bond acceptors (Lipinski definition) is 4. The summed E-state index contributed by atoms with van der Waals surface area (Å²) in [5.41, 5.74) is 2.04. The molecule has 0 saturated carbocycles. The molecule has 5 heteroatoms. The summed E-state index contributed by atoms with van der Waals surface area (Å²) in [4.78, 5) is 19.5. The van der Waals surface area contributed by atoms with Crippen LogP contribution in [0.5, 0.6) is 0 Å². The van der Waals surface area contributed by atoms with E-state index in [0.29, 0.717) is 6.42 Å². The Bertz CT molecular complexity index is 695. The van der Waals surface area contributed by atoms with Crippen LogP contribution in [-0.2, 0) is 13.0 Å². The molecule has 4 nitrogen and oxygen atoms in total. The summed E-state index contributed by atoms with van der Waals surface area (Å²) in [6.07, 6.45) is 1.66. The smallest absolute Gasteiger partial charge is 0.259 e. The summed E-state index contributed by atoms with van der Waals surface area (Å²) in [5, 5.41) is 0.853. The maximum atomic E-state index is 12.8. The van der Waals surface area contributed by atoms with Crippen molar-refractivity contribution >= 4 is 17.6 Å². The van der Waals surface area contributed by atoms with E-state index in [4.69, 9.17) is 4.98 Å². The van der Waals surface area contributed by atoms with Crippen molar-refractivity contribution in [2.75, 3.05) is 24.7 Å². The molecule has 0 N–H and O–H groups in total. The Morgan fingerprint density at radius 2 is 2.05 bits per heavy atom. The molecule has 110 valence electrons. The van der Waals surface area contributed by atoms with Crippen LogP contribution in [0.15, 0.2) is 40.3 Å². The second kappa shape index (κ2) is 5.93. The Hall–Kier alpha value is -1.75. The fourth-order valence-electron chi connectivity index (χ4n) is 2.58. The van der Waals surface area contributed by atoms with Gasteiger partial charge >= 0.3 is 0 Å². The van der Waals surface area contributed by atoms with Crippen LogP contribution in [0.2, 0.25) is 0 Å². The Labute approximate surface area is 128 Å². The maximum Gasteiger partial charge on any atom is 0.259 e. The molecule has 0 bridgehead atoms. The topological polar surface area (TPSA) is 38.1 Å². The van der Waals surface area contributed by atoms with E-state index in [-0.39, 0.29) is 5.56 Å². The standard InChI is InChI=1S/C16H19N3OS/c1-18(2)14-13(11-12-7-4-3-5-8-12)15(20)19-9-6-10-21-16(19)17-14/h3-5,7-8H,6,9-11H2,1-2H3. The van der Waals surface area contributed by atoms with Crippen molar-refractivity contribution in [1.82, 2.24) is 9.55 Å². The summed E-state index contributed by atoms with van der Waals surface area (Å²) in [6.45, 7) is 0.781. The average molecular weight is 301 g/mol. The molecule has 0 aliphatic carbocycles. The number of aromatic nitrogens is 2. The van der Waals surface area contributed by atoms with Gasteiger partial charge in [0.25, 0.3) is 5.56 Å². The van der Waals surface area contributed by atoms with Crippen molar-refractivity contribution < 1.29 is 0 Å². The molecule has 0 spiro atoms. The molecular weight excluding hydrogens is 282 g/mol. The normalized spacial score (nSPS) is 13.8. The first-order chi connectivity index (χ1) is 10.2. The molecule has 21 heavy (non-hydrogen) atoms. The van der Waals surface area contributed by atoms with E-state index in [2.05, 4.69) is 12.1 Å². The van der Waals surface area contributed by atoms with Crippen molar-refractivity contribution in [3.63, 3.8) is 0 Å². The summed E-state index contributed by atoms with van der Waals surface area (Å²) >= 11 is 1.67. The van der Waals surface area contributed by atoms with E-state index in [1.54, 1.807) is 11.8 Å². The third-order valence-corrected chi connectivity index (χ3v) is 4.67. The Balaban J connectivity index is 2.11. The molecule has 2 heterocycles. The molecule has 0 amide bonds. The van der Waals surface area contributed by atoms with E-state index >= 15 is 0 Å². The van der Waals surface area contributed by atoms with Crippen LogP contribution >= 0.6 is 11.8 Å². The summed E-state index contributed by atoms with van der Waals surface area (Å²) < 4.78 is 1.83. The van der Waals surface area contributed by atoms with Crippen molar-refractivity contribution in [2.24, 2.45) is 0 Å². The predicted octanol–water partition coefficient (Wildman–Crippen LogP) is 2.40. The van der Waals surface area contributed by atoms with E-state index in [9.17, 15) is 4.79 Å². The first-order valence-electron chi connectivity index (χ1n) is 7.14. The highest BCUT2D eigenvalue weighted by Gasteiger charge is 2.20. The third kappa shape index (κ3) is 2.83. The Morgan fingerprint density at radius 1 is 1.29 bits per heavy atom. The zero-order chi connectivity index (χ0) is 14.8. The number of benzene rings is 1. The molecule has 2 aromatic rings. The highest BCUT2D eigenvalue weighted by Crippen LogP contribution is 2.25. The lowest BCUT2D eigenvalue weighted by Gasteiger charge is -2.22. The van der Waals surface area contributed by atoms with Gasteiger partial charge < -0.3 is 4.90 Å². The first kappa shape index (κ1) is 14.2. The van der Waals surface area contributed by atoms with Crippen LogP contribution in [0.25, 0.3) is 0 Å².